The number of ether oxygens (including phenoxy) is 1. The van der Waals surface area contributed by atoms with Gasteiger partial charge in [-0.3, -0.25) is 4.90 Å². The lowest BCUT2D eigenvalue weighted by Gasteiger charge is -2.24. The van der Waals surface area contributed by atoms with Gasteiger partial charge in [0, 0.05) is 11.4 Å². The molecule has 1 aromatic rings. The van der Waals surface area contributed by atoms with E-state index < -0.39 is 5.60 Å². The number of nitrogens with zero attached hydrogens (tertiary/aromatic N) is 2. The molecule has 108 valence electrons. The van der Waals surface area contributed by atoms with E-state index in [1.807, 2.05) is 20.8 Å². The molecule has 0 bridgehead atoms. The van der Waals surface area contributed by atoms with Crippen molar-refractivity contribution in [2.75, 3.05) is 0 Å². The second kappa shape index (κ2) is 4.90. The molecule has 2 heterocycles. The Labute approximate surface area is 120 Å². The van der Waals surface area contributed by atoms with Gasteiger partial charge >= 0.3 is 6.09 Å². The van der Waals surface area contributed by atoms with Gasteiger partial charge < -0.3 is 9.30 Å². The van der Waals surface area contributed by atoms with E-state index in [0.717, 1.165) is 11.4 Å². The van der Waals surface area contributed by atoms with E-state index in [1.54, 1.807) is 4.90 Å². The molecule has 0 unspecified atom stereocenters. The van der Waals surface area contributed by atoms with Gasteiger partial charge in [0.05, 0.1) is 19.6 Å². The molecule has 2 rings (SSSR count). The number of hydrogen-bond acceptors (Lipinski definition) is 2. The summed E-state index contributed by atoms with van der Waals surface area (Å²) in [4.78, 5) is 13.9. The van der Waals surface area contributed by atoms with Gasteiger partial charge in [0.1, 0.15) is 5.60 Å². The Hall–Kier alpha value is -1.89. The molecule has 1 aliphatic rings. The van der Waals surface area contributed by atoms with Crippen LogP contribution in [-0.2, 0) is 24.4 Å². The van der Waals surface area contributed by atoms with Crippen molar-refractivity contribution < 1.29 is 9.53 Å². The number of fused-ring (bicyclic) bond motifs is 1. The number of terminal acetylenes is 1. The average Bonchev–Trinajstić information content (AvgIpc) is 2.84. The van der Waals surface area contributed by atoms with Gasteiger partial charge in [0.25, 0.3) is 0 Å². The van der Waals surface area contributed by atoms with Gasteiger partial charge in [-0.2, -0.15) is 0 Å². The third kappa shape index (κ3) is 2.53. The summed E-state index contributed by atoms with van der Waals surface area (Å²) < 4.78 is 7.56. The summed E-state index contributed by atoms with van der Waals surface area (Å²) in [7, 11) is 0. The largest absolute Gasteiger partial charge is 0.444 e. The second-order valence-electron chi connectivity index (χ2n) is 6.25. The van der Waals surface area contributed by atoms with Gasteiger partial charge in [-0.25, -0.2) is 4.79 Å². The predicted molar refractivity (Wildman–Crippen MR) is 78.2 cm³/mol. The normalized spacial score (nSPS) is 14.1. The van der Waals surface area contributed by atoms with Crippen LogP contribution in [0.5, 0.6) is 0 Å². The number of amides is 1. The van der Waals surface area contributed by atoms with Crippen molar-refractivity contribution in [2.24, 2.45) is 0 Å². The molecule has 0 saturated heterocycles. The second-order valence-corrected chi connectivity index (χ2v) is 6.25. The van der Waals surface area contributed by atoms with E-state index in [1.165, 1.54) is 11.1 Å². The Balaban J connectivity index is 2.19. The molecule has 0 radical (unpaired) electrons. The molecule has 4 nitrogen and oxygen atoms in total. The van der Waals surface area contributed by atoms with Crippen LogP contribution in [0.1, 0.15) is 43.3 Å². The van der Waals surface area contributed by atoms with E-state index >= 15 is 0 Å². The molecule has 0 spiro atoms. The van der Waals surface area contributed by atoms with Crippen molar-refractivity contribution in [1.29, 1.82) is 0 Å². The Bertz CT molecular complexity index is 556. The van der Waals surface area contributed by atoms with Crippen molar-refractivity contribution in [3.8, 4) is 12.3 Å². The van der Waals surface area contributed by atoms with E-state index in [4.69, 9.17) is 11.2 Å². The fraction of sp³-hybridized carbons (Fsp3) is 0.562. The van der Waals surface area contributed by atoms with Gasteiger partial charge in [0.2, 0.25) is 0 Å². The Kier molecular flexibility index (Phi) is 3.56. The molecule has 4 heteroatoms. The summed E-state index contributed by atoms with van der Waals surface area (Å²) in [5.41, 5.74) is 4.27. The topological polar surface area (TPSA) is 34.5 Å². The predicted octanol–water partition coefficient (Wildman–Crippen LogP) is 2.99. The number of hydrogen-bond donors (Lipinski definition) is 0. The van der Waals surface area contributed by atoms with Crippen LogP contribution in [0.3, 0.4) is 0 Å². The van der Waals surface area contributed by atoms with Gasteiger partial charge in [-0.05, 0) is 45.7 Å². The number of aromatic nitrogens is 1. The minimum Gasteiger partial charge on any atom is -0.444 e. The highest BCUT2D eigenvalue weighted by Crippen LogP contribution is 2.31. The molecule has 0 fully saturated rings. The molecule has 0 aromatic carbocycles. The van der Waals surface area contributed by atoms with Crippen molar-refractivity contribution >= 4 is 6.09 Å². The fourth-order valence-corrected chi connectivity index (χ4v) is 2.66. The zero-order chi connectivity index (χ0) is 15.1. The highest BCUT2D eigenvalue weighted by atomic mass is 16.6. The lowest BCUT2D eigenvalue weighted by Crippen LogP contribution is -2.33. The molecule has 0 N–H and O–H groups in total. The summed E-state index contributed by atoms with van der Waals surface area (Å²) in [6.45, 7) is 11.5. The summed E-state index contributed by atoms with van der Waals surface area (Å²) in [6.07, 6.45) is 5.15. The quantitative estimate of drug-likeness (QED) is 0.738. The van der Waals surface area contributed by atoms with Gasteiger partial charge in [-0.15, -0.1) is 6.42 Å². The van der Waals surface area contributed by atoms with Crippen molar-refractivity contribution in [3.63, 3.8) is 0 Å². The first kappa shape index (κ1) is 14.5. The molecular weight excluding hydrogens is 252 g/mol. The molecule has 0 atom stereocenters. The van der Waals surface area contributed by atoms with Gasteiger partial charge in [0.15, 0.2) is 0 Å². The van der Waals surface area contributed by atoms with Crippen LogP contribution in [0.2, 0.25) is 0 Å². The molecular formula is C16H22N2O2. The Morgan fingerprint density at radius 3 is 2.15 bits per heavy atom. The summed E-state index contributed by atoms with van der Waals surface area (Å²) in [6, 6.07) is 0. The third-order valence-corrected chi connectivity index (χ3v) is 3.65. The molecule has 20 heavy (non-hydrogen) atoms. The summed E-state index contributed by atoms with van der Waals surface area (Å²) >= 11 is 0. The van der Waals surface area contributed by atoms with Crippen LogP contribution in [0.25, 0.3) is 0 Å². The van der Waals surface area contributed by atoms with Crippen molar-refractivity contribution in [2.45, 2.75) is 59.9 Å². The van der Waals surface area contributed by atoms with Crippen LogP contribution in [0.15, 0.2) is 0 Å². The maximum Gasteiger partial charge on any atom is 0.410 e. The van der Waals surface area contributed by atoms with Crippen molar-refractivity contribution in [3.05, 3.63) is 22.5 Å². The summed E-state index contributed by atoms with van der Waals surface area (Å²) in [5.74, 6) is 2.68. The SMILES string of the molecule is C#CCn1c(C)c2c(c1C)CN(C(=O)OC(C)(C)C)C2. The maximum absolute atomic E-state index is 12.1. The van der Waals surface area contributed by atoms with Crippen LogP contribution < -0.4 is 0 Å². The van der Waals surface area contributed by atoms with Crippen LogP contribution >= 0.6 is 0 Å². The average molecular weight is 274 g/mol. The highest BCUT2D eigenvalue weighted by molar-refractivity contribution is 5.69. The smallest absolute Gasteiger partial charge is 0.410 e. The van der Waals surface area contributed by atoms with Crippen molar-refractivity contribution in [1.82, 2.24) is 9.47 Å². The number of carbonyl (C=O) groups excluding carboxylic acids is 1. The fourth-order valence-electron chi connectivity index (χ4n) is 2.66. The standard InChI is InChI=1S/C16H22N2O2/c1-7-8-18-11(2)13-9-17(10-14(13)12(18)3)15(19)20-16(4,5)6/h1H,8-10H2,2-6H3. The highest BCUT2D eigenvalue weighted by Gasteiger charge is 2.32. The maximum atomic E-state index is 12.1. The molecule has 1 amide bonds. The molecule has 0 aliphatic carbocycles. The van der Waals surface area contributed by atoms with Crippen LogP contribution in [0.4, 0.5) is 4.79 Å². The Morgan fingerprint density at radius 2 is 1.75 bits per heavy atom. The van der Waals surface area contributed by atoms with Crippen LogP contribution in [0, 0.1) is 26.2 Å². The lowest BCUT2D eigenvalue weighted by atomic mass is 10.2. The first-order chi connectivity index (χ1) is 9.24. The number of carbonyl (C=O) groups is 1. The molecule has 1 aliphatic heterocycles. The Morgan fingerprint density at radius 1 is 1.25 bits per heavy atom. The molecule has 0 saturated carbocycles. The first-order valence-electron chi connectivity index (χ1n) is 6.83. The van der Waals surface area contributed by atoms with Crippen LogP contribution in [-0.4, -0.2) is 21.2 Å². The van der Waals surface area contributed by atoms with E-state index in [-0.39, 0.29) is 6.09 Å². The lowest BCUT2D eigenvalue weighted by molar-refractivity contribution is 0.0240. The minimum absolute atomic E-state index is 0.254. The monoisotopic (exact) mass is 274 g/mol. The van der Waals surface area contributed by atoms with Gasteiger partial charge in [-0.1, -0.05) is 5.92 Å². The zero-order valence-electron chi connectivity index (χ0n) is 12.9. The summed E-state index contributed by atoms with van der Waals surface area (Å²) in [5, 5.41) is 0. The van der Waals surface area contributed by atoms with E-state index in [2.05, 4.69) is 24.3 Å². The number of rotatable bonds is 1. The van der Waals surface area contributed by atoms with E-state index in [0.29, 0.717) is 19.6 Å². The minimum atomic E-state index is -0.461. The zero-order valence-corrected chi connectivity index (χ0v) is 12.9. The first-order valence-corrected chi connectivity index (χ1v) is 6.83. The van der Waals surface area contributed by atoms with E-state index in [9.17, 15) is 4.79 Å². The molecule has 1 aromatic heterocycles. The third-order valence-electron chi connectivity index (χ3n) is 3.65.